The fraction of sp³-hybridized carbons (Fsp3) is 0. The van der Waals surface area contributed by atoms with E-state index < -0.39 is 0 Å². The number of benzene rings is 10. The van der Waals surface area contributed by atoms with Gasteiger partial charge in [-0.1, -0.05) is 152 Å². The van der Waals surface area contributed by atoms with Gasteiger partial charge in [0.1, 0.15) is 0 Å². The molecule has 0 aliphatic heterocycles. The van der Waals surface area contributed by atoms with E-state index in [1.165, 1.54) is 93.0 Å². The first-order valence-electron chi connectivity index (χ1n) is 17.3. The number of ketones is 1. The molecule has 0 amide bonds. The standard InChI is InChI=1S/C49H26O/c50-49-37-18-10-7-15-29(37)32-19-20-33-34-21-24-38-46-39(25-22-35(44(34)46)36-23-26-40(49)45(32)43(33)36)48-42(28-13-5-2-6-14-28)31-17-9-8-16-30(31)41(47(38)48)27-11-3-1-4-12-27/h1-26H. The van der Waals surface area contributed by atoms with Gasteiger partial charge in [-0.2, -0.15) is 0 Å². The van der Waals surface area contributed by atoms with Crippen molar-refractivity contribution in [2.75, 3.05) is 0 Å². The van der Waals surface area contributed by atoms with Crippen molar-refractivity contribution in [3.05, 3.63) is 169 Å². The summed E-state index contributed by atoms with van der Waals surface area (Å²) >= 11 is 0. The summed E-state index contributed by atoms with van der Waals surface area (Å²) in [6.45, 7) is 0. The SMILES string of the molecule is O=C1c2ccccc2-c2ccc3c4ccc5c6c(ccc(c7ccc1c2c73)c64)-c1c-5c(-c2ccccc2)c2ccccc2c1-c1ccccc1. The summed E-state index contributed by atoms with van der Waals surface area (Å²) in [4.78, 5) is 13.9. The van der Waals surface area contributed by atoms with Crippen LogP contribution in [0.2, 0.25) is 0 Å². The highest BCUT2D eigenvalue weighted by molar-refractivity contribution is 6.41. The molecule has 0 N–H and O–H groups in total. The lowest BCUT2D eigenvalue weighted by atomic mass is 9.79. The zero-order chi connectivity index (χ0) is 32.7. The van der Waals surface area contributed by atoms with Crippen LogP contribution in [0, 0.1) is 0 Å². The Morgan fingerprint density at radius 1 is 0.240 bits per heavy atom. The lowest BCUT2D eigenvalue weighted by Gasteiger charge is -2.23. The van der Waals surface area contributed by atoms with Crippen molar-refractivity contribution in [3.63, 3.8) is 0 Å². The van der Waals surface area contributed by atoms with E-state index in [9.17, 15) is 4.79 Å². The van der Waals surface area contributed by atoms with Crippen molar-refractivity contribution in [3.8, 4) is 55.6 Å². The molecule has 10 aromatic rings. The molecule has 0 bridgehead atoms. The predicted octanol–water partition coefficient (Wildman–Crippen LogP) is 13.1. The summed E-state index contributed by atoms with van der Waals surface area (Å²) in [5.41, 5.74) is 14.0. The first-order valence-corrected chi connectivity index (χ1v) is 17.3. The Morgan fingerprint density at radius 2 is 0.640 bits per heavy atom. The Morgan fingerprint density at radius 3 is 1.16 bits per heavy atom. The molecule has 0 unspecified atom stereocenters. The normalized spacial score (nSPS) is 12.8. The molecule has 0 saturated heterocycles. The van der Waals surface area contributed by atoms with Crippen molar-refractivity contribution in [1.29, 1.82) is 0 Å². The maximum absolute atomic E-state index is 13.9. The second-order valence-electron chi connectivity index (χ2n) is 13.8. The van der Waals surface area contributed by atoms with Crippen molar-refractivity contribution in [2.24, 2.45) is 0 Å². The van der Waals surface area contributed by atoms with Gasteiger partial charge in [0.25, 0.3) is 0 Å². The number of rotatable bonds is 2. The summed E-state index contributed by atoms with van der Waals surface area (Å²) < 4.78 is 0. The van der Waals surface area contributed by atoms with Gasteiger partial charge in [0.2, 0.25) is 0 Å². The van der Waals surface area contributed by atoms with Crippen LogP contribution in [0.3, 0.4) is 0 Å². The van der Waals surface area contributed by atoms with Gasteiger partial charge in [0, 0.05) is 16.5 Å². The van der Waals surface area contributed by atoms with Gasteiger partial charge in [-0.05, 0) is 110 Å². The van der Waals surface area contributed by atoms with Crippen LogP contribution in [0.15, 0.2) is 158 Å². The van der Waals surface area contributed by atoms with Gasteiger partial charge in [-0.3, -0.25) is 4.79 Å². The number of hydrogen-bond donors (Lipinski definition) is 0. The summed E-state index contributed by atoms with van der Waals surface area (Å²) in [6, 6.07) is 57.0. The highest BCUT2D eigenvalue weighted by Gasteiger charge is 2.33. The minimum Gasteiger partial charge on any atom is -0.289 e. The summed E-state index contributed by atoms with van der Waals surface area (Å²) in [6.07, 6.45) is 0. The average Bonchev–Trinajstić information content (AvgIpc) is 3.51. The molecule has 0 atom stereocenters. The lowest BCUT2D eigenvalue weighted by molar-refractivity contribution is 0.104. The first-order chi connectivity index (χ1) is 24.8. The van der Waals surface area contributed by atoms with E-state index in [0.29, 0.717) is 0 Å². The molecule has 2 aliphatic rings. The molecule has 1 nitrogen and oxygen atoms in total. The second-order valence-corrected chi connectivity index (χ2v) is 13.8. The van der Waals surface area contributed by atoms with Gasteiger partial charge in [0.05, 0.1) is 0 Å². The largest absolute Gasteiger partial charge is 0.289 e. The van der Waals surface area contributed by atoms with Crippen LogP contribution in [-0.4, -0.2) is 5.78 Å². The Labute approximate surface area is 288 Å². The monoisotopic (exact) mass is 630 g/mol. The van der Waals surface area contributed by atoms with E-state index in [1.54, 1.807) is 0 Å². The number of fused-ring (bicyclic) bond motifs is 8. The topological polar surface area (TPSA) is 17.1 Å². The maximum Gasteiger partial charge on any atom is 0.194 e. The fourth-order valence-corrected chi connectivity index (χ4v) is 9.57. The summed E-state index contributed by atoms with van der Waals surface area (Å²) in [7, 11) is 0. The molecular weight excluding hydrogens is 605 g/mol. The smallest absolute Gasteiger partial charge is 0.194 e. The molecule has 0 spiro atoms. The molecule has 2 aliphatic carbocycles. The van der Waals surface area contributed by atoms with Crippen LogP contribution in [0.1, 0.15) is 15.9 Å². The van der Waals surface area contributed by atoms with E-state index in [1.807, 2.05) is 18.2 Å². The zero-order valence-corrected chi connectivity index (χ0v) is 26.9. The van der Waals surface area contributed by atoms with Gasteiger partial charge < -0.3 is 0 Å². The molecule has 228 valence electrons. The molecule has 0 aromatic heterocycles. The third-order valence-electron chi connectivity index (χ3n) is 11.5. The number of carbonyl (C=O) groups is 1. The summed E-state index contributed by atoms with van der Waals surface area (Å²) in [5, 5.41) is 12.3. The van der Waals surface area contributed by atoms with Crippen LogP contribution in [-0.2, 0) is 0 Å². The highest BCUT2D eigenvalue weighted by atomic mass is 16.1. The molecular formula is C49H26O. The van der Waals surface area contributed by atoms with Crippen LogP contribution < -0.4 is 0 Å². The third kappa shape index (κ3) is 3.12. The lowest BCUT2D eigenvalue weighted by Crippen LogP contribution is -2.10. The maximum atomic E-state index is 13.9. The molecule has 1 heteroatoms. The quantitative estimate of drug-likeness (QED) is 0.137. The van der Waals surface area contributed by atoms with Crippen LogP contribution in [0.25, 0.3) is 109 Å². The van der Waals surface area contributed by atoms with Crippen molar-refractivity contribution >= 4 is 59.6 Å². The molecule has 50 heavy (non-hydrogen) atoms. The Kier molecular flexibility index (Phi) is 4.92. The average molecular weight is 631 g/mol. The van der Waals surface area contributed by atoms with Crippen LogP contribution in [0.4, 0.5) is 0 Å². The Balaban J connectivity index is 1.28. The Bertz CT molecular complexity index is 2990. The summed E-state index contributed by atoms with van der Waals surface area (Å²) in [5.74, 6) is 0.112. The third-order valence-corrected chi connectivity index (χ3v) is 11.5. The van der Waals surface area contributed by atoms with Crippen molar-refractivity contribution in [2.45, 2.75) is 0 Å². The van der Waals surface area contributed by atoms with Crippen molar-refractivity contribution < 1.29 is 4.79 Å². The fourth-order valence-electron chi connectivity index (χ4n) is 9.57. The predicted molar refractivity (Wildman–Crippen MR) is 209 cm³/mol. The van der Waals surface area contributed by atoms with Crippen LogP contribution in [0.5, 0.6) is 0 Å². The minimum absolute atomic E-state index is 0.112. The van der Waals surface area contributed by atoms with E-state index in [0.717, 1.165) is 27.6 Å². The molecule has 0 fully saturated rings. The molecule has 0 heterocycles. The van der Waals surface area contributed by atoms with Gasteiger partial charge >= 0.3 is 0 Å². The van der Waals surface area contributed by atoms with E-state index in [4.69, 9.17) is 0 Å². The molecule has 12 rings (SSSR count). The van der Waals surface area contributed by atoms with Crippen LogP contribution >= 0.6 is 0 Å². The van der Waals surface area contributed by atoms with Crippen molar-refractivity contribution in [1.82, 2.24) is 0 Å². The van der Waals surface area contributed by atoms with Gasteiger partial charge in [0.15, 0.2) is 5.78 Å². The number of carbonyl (C=O) groups excluding carboxylic acids is 1. The molecule has 10 aromatic carbocycles. The Hall–Kier alpha value is -6.57. The van der Waals surface area contributed by atoms with Gasteiger partial charge in [-0.25, -0.2) is 0 Å². The highest BCUT2D eigenvalue weighted by Crippen LogP contribution is 2.60. The number of hydrogen-bond acceptors (Lipinski definition) is 1. The molecule has 0 saturated carbocycles. The second kappa shape index (κ2) is 9.31. The van der Waals surface area contributed by atoms with Gasteiger partial charge in [-0.15, -0.1) is 0 Å². The zero-order valence-electron chi connectivity index (χ0n) is 26.9. The van der Waals surface area contributed by atoms with E-state index in [-0.39, 0.29) is 5.78 Å². The van der Waals surface area contributed by atoms with E-state index in [2.05, 4.69) is 140 Å². The minimum atomic E-state index is 0.112. The molecule has 0 radical (unpaired) electrons. The first kappa shape index (κ1) is 26.4. The van der Waals surface area contributed by atoms with E-state index >= 15 is 0 Å².